The van der Waals surface area contributed by atoms with Gasteiger partial charge in [-0.1, -0.05) is 152 Å². The molecule has 11 rings (SSSR count). The molecule has 0 spiro atoms. The first-order chi connectivity index (χ1) is 27.2. The molecule has 11 aromatic rings. The quantitative estimate of drug-likeness (QED) is 0.168. The van der Waals surface area contributed by atoms with Crippen LogP contribution in [0.15, 0.2) is 192 Å². The highest BCUT2D eigenvalue weighted by Crippen LogP contribution is 2.40. The first kappa shape index (κ1) is 31.1. The molecule has 0 radical (unpaired) electrons. The summed E-state index contributed by atoms with van der Waals surface area (Å²) in [7, 11) is 0. The van der Waals surface area contributed by atoms with Gasteiger partial charge in [0, 0.05) is 27.5 Å². The van der Waals surface area contributed by atoms with Crippen LogP contribution in [0, 0.1) is 0 Å². The highest BCUT2D eigenvalue weighted by molar-refractivity contribution is 6.26. The molecule has 9 aromatic carbocycles. The monoisotopic (exact) mass is 701 g/mol. The van der Waals surface area contributed by atoms with Crippen LogP contribution >= 0.6 is 0 Å². The average molecular weight is 702 g/mol. The Morgan fingerprint density at radius 3 is 1.27 bits per heavy atom. The number of hydrogen-bond acceptors (Lipinski definition) is 4. The smallest absolute Gasteiger partial charge is 0.164 e. The Labute approximate surface area is 317 Å². The minimum Gasteiger partial charge on any atom is -0.456 e. The van der Waals surface area contributed by atoms with Gasteiger partial charge in [-0.05, 0) is 91.0 Å². The van der Waals surface area contributed by atoms with Gasteiger partial charge in [0.15, 0.2) is 17.5 Å². The van der Waals surface area contributed by atoms with Crippen LogP contribution in [0.1, 0.15) is 0 Å². The van der Waals surface area contributed by atoms with E-state index < -0.39 is 0 Å². The normalized spacial score (nSPS) is 11.6. The van der Waals surface area contributed by atoms with Crippen molar-refractivity contribution in [2.75, 3.05) is 0 Å². The van der Waals surface area contributed by atoms with Crippen LogP contribution in [0.25, 0.3) is 111 Å². The zero-order chi connectivity index (χ0) is 36.3. The maximum atomic E-state index is 6.14. The fourth-order valence-corrected chi connectivity index (χ4v) is 8.00. The summed E-state index contributed by atoms with van der Waals surface area (Å²) in [6.45, 7) is 0. The molecule has 0 atom stereocenters. The summed E-state index contributed by atoms with van der Waals surface area (Å²) in [5.41, 5.74) is 9.23. The van der Waals surface area contributed by atoms with E-state index in [0.717, 1.165) is 49.8 Å². The lowest BCUT2D eigenvalue weighted by Gasteiger charge is -2.14. The standard InChI is InChI=1S/C51H31N3O/c1-3-12-32(13-4-1)49-52-50(33-14-5-2-6-15-33)54-51(53-49)38-17-11-16-34(28-38)35-22-25-41-39-18-7-8-19-40(39)44-30-36(23-26-42(44)45(41)29-35)37-24-27-48-46(31-37)43-20-9-10-21-47(43)55-48/h1-31H. The van der Waals surface area contributed by atoms with Crippen LogP contribution in [-0.2, 0) is 0 Å². The summed E-state index contributed by atoms with van der Waals surface area (Å²) in [6, 6.07) is 66.0. The maximum absolute atomic E-state index is 6.14. The van der Waals surface area contributed by atoms with Crippen LogP contribution in [0.2, 0.25) is 0 Å². The molecule has 55 heavy (non-hydrogen) atoms. The minimum absolute atomic E-state index is 0.640. The predicted molar refractivity (Wildman–Crippen MR) is 227 cm³/mol. The van der Waals surface area contributed by atoms with Crippen LogP contribution in [0.4, 0.5) is 0 Å². The van der Waals surface area contributed by atoms with Gasteiger partial charge < -0.3 is 4.42 Å². The third-order valence-corrected chi connectivity index (χ3v) is 10.7. The summed E-state index contributed by atoms with van der Waals surface area (Å²) >= 11 is 0. The van der Waals surface area contributed by atoms with Gasteiger partial charge in [-0.3, -0.25) is 0 Å². The van der Waals surface area contributed by atoms with Crippen molar-refractivity contribution in [3.63, 3.8) is 0 Å². The van der Waals surface area contributed by atoms with Crippen LogP contribution < -0.4 is 0 Å². The lowest BCUT2D eigenvalue weighted by molar-refractivity contribution is 0.669. The number of hydrogen-bond donors (Lipinski definition) is 0. The summed E-state index contributed by atoms with van der Waals surface area (Å²) in [5, 5.41) is 9.67. The van der Waals surface area contributed by atoms with E-state index in [1.54, 1.807) is 0 Å². The number of benzene rings is 9. The van der Waals surface area contributed by atoms with Crippen molar-refractivity contribution >= 4 is 54.3 Å². The van der Waals surface area contributed by atoms with E-state index in [2.05, 4.69) is 115 Å². The molecular weight excluding hydrogens is 671 g/mol. The molecule has 2 heterocycles. The second-order valence-electron chi connectivity index (χ2n) is 14.0. The lowest BCUT2D eigenvalue weighted by Crippen LogP contribution is -2.00. The van der Waals surface area contributed by atoms with Crippen molar-refractivity contribution in [3.8, 4) is 56.4 Å². The molecule has 0 aliphatic carbocycles. The Morgan fingerprint density at radius 1 is 0.236 bits per heavy atom. The largest absolute Gasteiger partial charge is 0.456 e. The Hall–Kier alpha value is -7.43. The van der Waals surface area contributed by atoms with Crippen molar-refractivity contribution in [2.45, 2.75) is 0 Å². The Morgan fingerprint density at radius 2 is 0.636 bits per heavy atom. The second kappa shape index (κ2) is 12.6. The summed E-state index contributed by atoms with van der Waals surface area (Å²) in [5.74, 6) is 1.94. The summed E-state index contributed by atoms with van der Waals surface area (Å²) in [4.78, 5) is 14.9. The fourth-order valence-electron chi connectivity index (χ4n) is 8.00. The number of nitrogens with zero attached hydrogens (tertiary/aromatic N) is 3. The van der Waals surface area contributed by atoms with E-state index >= 15 is 0 Å². The van der Waals surface area contributed by atoms with Gasteiger partial charge >= 0.3 is 0 Å². The SMILES string of the molecule is c1ccc(-c2nc(-c3ccccc3)nc(-c3cccc(-c4ccc5c6ccccc6c6cc(-c7ccc8oc9ccccc9c8c7)ccc6c5c4)c3)n2)cc1. The predicted octanol–water partition coefficient (Wildman–Crippen LogP) is 13.6. The Kier molecular flexibility index (Phi) is 7.14. The molecule has 0 saturated carbocycles. The molecule has 0 saturated heterocycles. The number of aromatic nitrogens is 3. The molecule has 2 aromatic heterocycles. The van der Waals surface area contributed by atoms with Gasteiger partial charge in [0.25, 0.3) is 0 Å². The molecule has 0 amide bonds. The van der Waals surface area contributed by atoms with E-state index in [9.17, 15) is 0 Å². The molecule has 4 nitrogen and oxygen atoms in total. The molecule has 4 heteroatoms. The van der Waals surface area contributed by atoms with E-state index in [1.807, 2.05) is 72.8 Å². The maximum Gasteiger partial charge on any atom is 0.164 e. The summed E-state index contributed by atoms with van der Waals surface area (Å²) in [6.07, 6.45) is 0. The lowest BCUT2D eigenvalue weighted by atomic mass is 9.90. The zero-order valence-electron chi connectivity index (χ0n) is 29.6. The minimum atomic E-state index is 0.640. The van der Waals surface area contributed by atoms with Gasteiger partial charge in [-0.15, -0.1) is 0 Å². The van der Waals surface area contributed by atoms with E-state index in [-0.39, 0.29) is 0 Å². The second-order valence-corrected chi connectivity index (χ2v) is 14.0. The third kappa shape index (κ3) is 5.34. The molecule has 0 aliphatic heterocycles. The van der Waals surface area contributed by atoms with Crippen molar-refractivity contribution in [1.29, 1.82) is 0 Å². The van der Waals surface area contributed by atoms with E-state index in [1.165, 1.54) is 43.4 Å². The topological polar surface area (TPSA) is 51.8 Å². The van der Waals surface area contributed by atoms with Crippen LogP contribution in [0.5, 0.6) is 0 Å². The van der Waals surface area contributed by atoms with Crippen molar-refractivity contribution in [2.24, 2.45) is 0 Å². The number of rotatable bonds is 5. The van der Waals surface area contributed by atoms with Crippen molar-refractivity contribution in [1.82, 2.24) is 15.0 Å². The van der Waals surface area contributed by atoms with Gasteiger partial charge in [0.1, 0.15) is 11.2 Å². The van der Waals surface area contributed by atoms with E-state index in [4.69, 9.17) is 19.4 Å². The fraction of sp³-hybridized carbons (Fsp3) is 0. The Bertz CT molecular complexity index is 3200. The Balaban J connectivity index is 1.05. The zero-order valence-corrected chi connectivity index (χ0v) is 29.6. The van der Waals surface area contributed by atoms with Crippen LogP contribution in [0.3, 0.4) is 0 Å². The van der Waals surface area contributed by atoms with Gasteiger partial charge in [0.05, 0.1) is 0 Å². The number of furan rings is 1. The molecule has 0 unspecified atom stereocenters. The molecule has 256 valence electrons. The van der Waals surface area contributed by atoms with Gasteiger partial charge in [0.2, 0.25) is 0 Å². The van der Waals surface area contributed by atoms with Gasteiger partial charge in [-0.2, -0.15) is 0 Å². The van der Waals surface area contributed by atoms with Crippen molar-refractivity contribution in [3.05, 3.63) is 188 Å². The number of para-hydroxylation sites is 1. The molecule has 0 fully saturated rings. The first-order valence-corrected chi connectivity index (χ1v) is 18.5. The van der Waals surface area contributed by atoms with E-state index in [0.29, 0.717) is 17.5 Å². The van der Waals surface area contributed by atoms with Crippen molar-refractivity contribution < 1.29 is 4.42 Å². The molecule has 0 N–H and O–H groups in total. The molecule has 0 aliphatic rings. The number of fused-ring (bicyclic) bond motifs is 9. The molecule has 0 bridgehead atoms. The highest BCUT2D eigenvalue weighted by atomic mass is 16.3. The summed E-state index contributed by atoms with van der Waals surface area (Å²) < 4.78 is 6.14. The third-order valence-electron chi connectivity index (χ3n) is 10.7. The van der Waals surface area contributed by atoms with Crippen LogP contribution in [-0.4, -0.2) is 15.0 Å². The first-order valence-electron chi connectivity index (χ1n) is 18.5. The average Bonchev–Trinajstić information content (AvgIpc) is 3.65. The highest BCUT2D eigenvalue weighted by Gasteiger charge is 2.15. The van der Waals surface area contributed by atoms with Gasteiger partial charge in [-0.25, -0.2) is 15.0 Å². The molecular formula is C51H31N3O.